The third-order valence-electron chi connectivity index (χ3n) is 3.10. The lowest BCUT2D eigenvalue weighted by Gasteiger charge is -2.13. The first-order valence-corrected chi connectivity index (χ1v) is 5.80. The van der Waals surface area contributed by atoms with Gasteiger partial charge in [-0.25, -0.2) is 9.59 Å². The van der Waals surface area contributed by atoms with Crippen molar-refractivity contribution in [3.63, 3.8) is 0 Å². The summed E-state index contributed by atoms with van der Waals surface area (Å²) in [6, 6.07) is 1.44. The van der Waals surface area contributed by atoms with E-state index in [1.54, 1.807) is 10.9 Å². The molecule has 0 aliphatic heterocycles. The van der Waals surface area contributed by atoms with E-state index in [4.69, 9.17) is 5.11 Å². The van der Waals surface area contributed by atoms with E-state index in [-0.39, 0.29) is 0 Å². The van der Waals surface area contributed by atoms with Gasteiger partial charge in [0.25, 0.3) is 0 Å². The third kappa shape index (κ3) is 2.61. The molecule has 1 aromatic heterocycles. The van der Waals surface area contributed by atoms with Gasteiger partial charge in [-0.1, -0.05) is 0 Å². The van der Waals surface area contributed by atoms with Gasteiger partial charge in [0.15, 0.2) is 0 Å². The Labute approximate surface area is 104 Å². The van der Waals surface area contributed by atoms with Gasteiger partial charge in [-0.05, 0) is 18.9 Å². The molecule has 1 aliphatic rings. The fourth-order valence-corrected chi connectivity index (χ4v) is 1.73. The molecule has 1 fully saturated rings. The largest absolute Gasteiger partial charge is 0.480 e. The summed E-state index contributed by atoms with van der Waals surface area (Å²) < 4.78 is 1.74. The molecule has 0 aromatic carbocycles. The molecule has 18 heavy (non-hydrogen) atoms. The molecule has 7 heteroatoms. The van der Waals surface area contributed by atoms with Gasteiger partial charge in [-0.2, -0.15) is 5.10 Å². The van der Waals surface area contributed by atoms with Crippen molar-refractivity contribution in [1.82, 2.24) is 20.4 Å². The van der Waals surface area contributed by atoms with Gasteiger partial charge < -0.3 is 15.7 Å². The summed E-state index contributed by atoms with van der Waals surface area (Å²) in [4.78, 5) is 22.4. The van der Waals surface area contributed by atoms with E-state index in [2.05, 4.69) is 15.7 Å². The molecule has 3 N–H and O–H groups in total. The molecule has 0 radical (unpaired) electrons. The molecule has 2 amide bonds. The van der Waals surface area contributed by atoms with Crippen LogP contribution in [0.3, 0.4) is 0 Å². The summed E-state index contributed by atoms with van der Waals surface area (Å²) in [7, 11) is 1.83. The predicted octanol–water partition coefficient (Wildman–Crippen LogP) is -0.121. The molecule has 2 rings (SSSR count). The zero-order valence-corrected chi connectivity index (χ0v) is 10.1. The van der Waals surface area contributed by atoms with Crippen LogP contribution in [-0.4, -0.2) is 39.0 Å². The second kappa shape index (κ2) is 4.67. The topological polar surface area (TPSA) is 96.3 Å². The summed E-state index contributed by atoms with van der Waals surface area (Å²) in [5.74, 6) is -0.968. The molecular weight excluding hydrogens is 236 g/mol. The number of urea groups is 1. The summed E-state index contributed by atoms with van der Waals surface area (Å²) in [5.41, 5.74) is -0.0222. The quantitative estimate of drug-likeness (QED) is 0.680. The average molecular weight is 252 g/mol. The Kier molecular flexibility index (Phi) is 3.22. The van der Waals surface area contributed by atoms with Crippen LogP contribution in [0.2, 0.25) is 0 Å². The first kappa shape index (κ1) is 12.4. The number of nitrogens with one attached hydrogen (secondary N) is 2. The molecule has 1 aliphatic carbocycles. The van der Waals surface area contributed by atoms with Crippen molar-refractivity contribution in [2.24, 2.45) is 7.05 Å². The van der Waals surface area contributed by atoms with E-state index in [0.29, 0.717) is 25.8 Å². The van der Waals surface area contributed by atoms with Crippen LogP contribution in [0.5, 0.6) is 0 Å². The zero-order chi connectivity index (χ0) is 13.2. The van der Waals surface area contributed by atoms with E-state index in [9.17, 15) is 9.59 Å². The smallest absolute Gasteiger partial charge is 0.329 e. The van der Waals surface area contributed by atoms with Crippen molar-refractivity contribution >= 4 is 12.0 Å². The van der Waals surface area contributed by atoms with Crippen molar-refractivity contribution in [3.05, 3.63) is 18.0 Å². The lowest BCUT2D eigenvalue weighted by Crippen LogP contribution is -2.48. The highest BCUT2D eigenvalue weighted by Crippen LogP contribution is 2.35. The molecule has 1 saturated carbocycles. The minimum absolute atomic E-state index is 0.433. The van der Waals surface area contributed by atoms with Crippen molar-refractivity contribution in [2.45, 2.75) is 24.8 Å². The Morgan fingerprint density at radius 3 is 2.78 bits per heavy atom. The third-order valence-corrected chi connectivity index (χ3v) is 3.10. The van der Waals surface area contributed by atoms with Crippen molar-refractivity contribution in [3.8, 4) is 0 Å². The van der Waals surface area contributed by atoms with Gasteiger partial charge in [-0.3, -0.25) is 4.68 Å². The molecular formula is C11H16N4O3. The molecule has 0 saturated heterocycles. The summed E-state index contributed by atoms with van der Waals surface area (Å²) in [6.45, 7) is 0.446. The number of amides is 2. The monoisotopic (exact) mass is 252 g/mol. The molecule has 0 spiro atoms. The molecule has 98 valence electrons. The van der Waals surface area contributed by atoms with Gasteiger partial charge in [0.2, 0.25) is 0 Å². The SMILES string of the molecule is Cn1nccc1CCNC(=O)NC1(C(=O)O)CC1. The maximum absolute atomic E-state index is 11.5. The van der Waals surface area contributed by atoms with Crippen LogP contribution in [0.25, 0.3) is 0 Å². The van der Waals surface area contributed by atoms with Gasteiger partial charge in [0, 0.05) is 31.9 Å². The van der Waals surface area contributed by atoms with Crippen LogP contribution in [0, 0.1) is 0 Å². The zero-order valence-electron chi connectivity index (χ0n) is 10.1. The second-order valence-electron chi connectivity index (χ2n) is 4.46. The fourth-order valence-electron chi connectivity index (χ4n) is 1.73. The number of carboxylic acids is 1. The van der Waals surface area contributed by atoms with E-state index in [0.717, 1.165) is 5.69 Å². The van der Waals surface area contributed by atoms with Gasteiger partial charge in [-0.15, -0.1) is 0 Å². The Hall–Kier alpha value is -2.05. The Morgan fingerprint density at radius 2 is 2.28 bits per heavy atom. The van der Waals surface area contributed by atoms with Crippen LogP contribution >= 0.6 is 0 Å². The van der Waals surface area contributed by atoms with Crippen molar-refractivity contribution in [2.75, 3.05) is 6.54 Å². The van der Waals surface area contributed by atoms with Gasteiger partial charge >= 0.3 is 12.0 Å². The number of aliphatic carboxylic acids is 1. The summed E-state index contributed by atoms with van der Waals surface area (Å²) in [6.07, 6.45) is 3.35. The van der Waals surface area contributed by atoms with Crippen LogP contribution in [0.4, 0.5) is 4.79 Å². The minimum Gasteiger partial charge on any atom is -0.480 e. The van der Waals surface area contributed by atoms with Crippen molar-refractivity contribution in [1.29, 1.82) is 0 Å². The highest BCUT2D eigenvalue weighted by Gasteiger charge is 2.51. The number of nitrogens with zero attached hydrogens (tertiary/aromatic N) is 2. The Bertz CT molecular complexity index is 465. The van der Waals surface area contributed by atoms with Gasteiger partial charge in [0.1, 0.15) is 5.54 Å². The first-order chi connectivity index (χ1) is 8.53. The van der Waals surface area contributed by atoms with Crippen molar-refractivity contribution < 1.29 is 14.7 Å². The Balaban J connectivity index is 1.73. The van der Waals surface area contributed by atoms with E-state index in [1.165, 1.54) is 0 Å². The summed E-state index contributed by atoms with van der Waals surface area (Å²) >= 11 is 0. The second-order valence-corrected chi connectivity index (χ2v) is 4.46. The average Bonchev–Trinajstić information content (AvgIpc) is 2.98. The number of rotatable bonds is 5. The lowest BCUT2D eigenvalue weighted by atomic mass is 10.3. The van der Waals surface area contributed by atoms with Crippen LogP contribution in [-0.2, 0) is 18.3 Å². The predicted molar refractivity (Wildman–Crippen MR) is 63.0 cm³/mol. The molecule has 1 aromatic rings. The number of hydrogen-bond donors (Lipinski definition) is 3. The standard InChI is InChI=1S/C11H16N4O3/c1-15-8(3-7-13-15)2-6-12-10(18)14-11(4-5-11)9(16)17/h3,7H,2,4-6H2,1H3,(H,16,17)(H2,12,14,18). The molecule has 0 unspecified atom stereocenters. The molecule has 7 nitrogen and oxygen atoms in total. The highest BCUT2D eigenvalue weighted by atomic mass is 16.4. The van der Waals surface area contributed by atoms with Crippen LogP contribution in [0.15, 0.2) is 12.3 Å². The number of carbonyl (C=O) groups is 2. The first-order valence-electron chi connectivity index (χ1n) is 5.80. The van der Waals surface area contributed by atoms with E-state index < -0.39 is 17.5 Å². The number of aromatic nitrogens is 2. The number of carboxylic acid groups (broad SMARTS) is 1. The maximum Gasteiger partial charge on any atom is 0.329 e. The molecule has 0 bridgehead atoms. The number of aryl methyl sites for hydroxylation is 1. The van der Waals surface area contributed by atoms with E-state index in [1.807, 2.05) is 13.1 Å². The Morgan fingerprint density at radius 1 is 1.56 bits per heavy atom. The van der Waals surface area contributed by atoms with Gasteiger partial charge in [0.05, 0.1) is 0 Å². The maximum atomic E-state index is 11.5. The molecule has 1 heterocycles. The van der Waals surface area contributed by atoms with Crippen LogP contribution in [0.1, 0.15) is 18.5 Å². The van der Waals surface area contributed by atoms with E-state index >= 15 is 0 Å². The fraction of sp³-hybridized carbons (Fsp3) is 0.545. The summed E-state index contributed by atoms with van der Waals surface area (Å²) in [5, 5.41) is 18.1. The number of hydrogen-bond acceptors (Lipinski definition) is 3. The van der Waals surface area contributed by atoms with Crippen LogP contribution < -0.4 is 10.6 Å². The number of carbonyl (C=O) groups excluding carboxylic acids is 1. The highest BCUT2D eigenvalue weighted by molar-refractivity contribution is 5.88. The lowest BCUT2D eigenvalue weighted by molar-refractivity contribution is -0.140. The minimum atomic E-state index is -1.03. The normalized spacial score (nSPS) is 16.1. The molecule has 0 atom stereocenters.